The second kappa shape index (κ2) is 10.1. The van der Waals surface area contributed by atoms with Crippen LogP contribution in [0.5, 0.6) is 0 Å². The van der Waals surface area contributed by atoms with E-state index >= 15 is 0 Å². The molecule has 1 amide bonds. The Morgan fingerprint density at radius 3 is 2.47 bits per heavy atom. The van der Waals surface area contributed by atoms with Crippen LogP contribution in [-0.4, -0.2) is 128 Å². The van der Waals surface area contributed by atoms with Gasteiger partial charge in [-0.1, -0.05) is 13.8 Å². The fraction of sp³-hybridized carbons (Fsp3) is 0.950. The van der Waals surface area contributed by atoms with Crippen molar-refractivity contribution in [1.82, 2.24) is 4.90 Å². The van der Waals surface area contributed by atoms with Crippen LogP contribution in [0.4, 0.5) is 0 Å². The molecule has 3 saturated heterocycles. The molecule has 12 heteroatoms. The van der Waals surface area contributed by atoms with E-state index < -0.39 is 68.0 Å². The Labute approximate surface area is 185 Å². The summed E-state index contributed by atoms with van der Waals surface area (Å²) in [6.07, 6.45) is -11.5. The molecule has 32 heavy (non-hydrogen) atoms. The Morgan fingerprint density at radius 1 is 1.16 bits per heavy atom. The minimum absolute atomic E-state index is 0.124. The van der Waals surface area contributed by atoms with E-state index in [1.165, 1.54) is 4.90 Å². The van der Waals surface area contributed by atoms with Gasteiger partial charge in [0.05, 0.1) is 19.8 Å². The van der Waals surface area contributed by atoms with Gasteiger partial charge in [0.2, 0.25) is 11.7 Å². The number of aliphatic hydroxyl groups is 7. The van der Waals surface area contributed by atoms with Gasteiger partial charge in [0, 0.05) is 13.0 Å². The molecule has 3 aliphatic rings. The summed E-state index contributed by atoms with van der Waals surface area (Å²) in [5.41, 5.74) is 0. The third kappa shape index (κ3) is 5.25. The Balaban J connectivity index is 1.69. The molecule has 3 fully saturated rings. The molecule has 0 aromatic carbocycles. The van der Waals surface area contributed by atoms with Gasteiger partial charge < -0.3 is 54.9 Å². The topological polar surface area (TPSA) is 190 Å². The van der Waals surface area contributed by atoms with Crippen molar-refractivity contribution >= 4 is 5.91 Å². The minimum Gasteiger partial charge on any atom is -0.394 e. The SMILES string of the molecule is CC(C)C[C@@H]1CC(=O)N(C[C@@]2(O)OC[C@@H](O)[C@@H](O[C@@H]3O[C@H](CO)[C@H](O)[C@H](O)[C@H]3O)[C@H]2O)C1. The Bertz CT molecular complexity index is 649. The minimum atomic E-state index is -2.25. The molecule has 0 unspecified atom stereocenters. The molecule has 10 atom stereocenters. The molecular weight excluding hydrogens is 430 g/mol. The summed E-state index contributed by atoms with van der Waals surface area (Å²) < 4.78 is 16.0. The number of aliphatic hydroxyl groups excluding tert-OH is 6. The van der Waals surface area contributed by atoms with Crippen molar-refractivity contribution in [2.24, 2.45) is 11.8 Å². The normalized spacial score (nSPS) is 45.6. The molecule has 0 saturated carbocycles. The number of nitrogens with zero attached hydrogens (tertiary/aromatic N) is 1. The van der Waals surface area contributed by atoms with Crippen molar-refractivity contribution in [3.8, 4) is 0 Å². The summed E-state index contributed by atoms with van der Waals surface area (Å²) in [6.45, 7) is 3.04. The van der Waals surface area contributed by atoms with Crippen molar-refractivity contribution in [3.63, 3.8) is 0 Å². The van der Waals surface area contributed by atoms with Gasteiger partial charge in [-0.05, 0) is 18.3 Å². The lowest BCUT2D eigenvalue weighted by atomic mass is 9.95. The third-order valence-electron chi connectivity index (χ3n) is 6.31. The molecule has 7 N–H and O–H groups in total. The van der Waals surface area contributed by atoms with Crippen LogP contribution >= 0.6 is 0 Å². The summed E-state index contributed by atoms with van der Waals surface area (Å²) in [5, 5.41) is 71.3. The average molecular weight is 465 g/mol. The first-order valence-electron chi connectivity index (χ1n) is 10.9. The maximum atomic E-state index is 12.4. The standard InChI is InChI=1S/C20H35NO11/c1-9(2)3-10-4-13(24)21(5-10)8-20(29)18(28)17(11(23)7-30-20)32-19-16(27)15(26)14(25)12(6-22)31-19/h9-12,14-19,22-23,25-29H,3-8H2,1-2H3/t10-,11-,12-,14+,15+,16-,17-,18-,19+,20-/m1/s1. The van der Waals surface area contributed by atoms with Gasteiger partial charge in [-0.3, -0.25) is 4.79 Å². The van der Waals surface area contributed by atoms with Gasteiger partial charge in [-0.15, -0.1) is 0 Å². The molecule has 3 aliphatic heterocycles. The zero-order valence-corrected chi connectivity index (χ0v) is 18.2. The van der Waals surface area contributed by atoms with Crippen LogP contribution < -0.4 is 0 Å². The van der Waals surface area contributed by atoms with Gasteiger partial charge >= 0.3 is 0 Å². The summed E-state index contributed by atoms with van der Waals surface area (Å²) in [4.78, 5) is 13.8. The highest BCUT2D eigenvalue weighted by molar-refractivity contribution is 5.78. The summed E-state index contributed by atoms with van der Waals surface area (Å²) in [5.74, 6) is -1.91. The van der Waals surface area contributed by atoms with Crippen molar-refractivity contribution < 1.29 is 54.8 Å². The zero-order valence-electron chi connectivity index (χ0n) is 18.2. The second-order valence-corrected chi connectivity index (χ2v) is 9.44. The molecular formula is C20H35NO11. The van der Waals surface area contributed by atoms with Crippen molar-refractivity contribution in [2.75, 3.05) is 26.3 Å². The van der Waals surface area contributed by atoms with Gasteiger partial charge in [0.1, 0.15) is 42.7 Å². The van der Waals surface area contributed by atoms with Crippen LogP contribution in [0.1, 0.15) is 26.7 Å². The summed E-state index contributed by atoms with van der Waals surface area (Å²) in [6, 6.07) is 0. The molecule has 0 spiro atoms. The van der Waals surface area contributed by atoms with E-state index in [4.69, 9.17) is 14.2 Å². The number of likely N-dealkylation sites (tertiary alicyclic amines) is 1. The highest BCUT2D eigenvalue weighted by atomic mass is 16.7. The number of carbonyl (C=O) groups is 1. The number of β-amino-alcohol motifs (C(OH)–C–C–N with tert-alkyl or cyclic N) is 1. The molecule has 0 aromatic rings. The Morgan fingerprint density at radius 2 is 1.84 bits per heavy atom. The number of ether oxygens (including phenoxy) is 3. The fourth-order valence-corrected chi connectivity index (χ4v) is 4.62. The summed E-state index contributed by atoms with van der Waals surface area (Å²) in [7, 11) is 0. The molecule has 0 aromatic heterocycles. The van der Waals surface area contributed by atoms with E-state index in [1.807, 2.05) is 0 Å². The van der Waals surface area contributed by atoms with Crippen LogP contribution in [0.2, 0.25) is 0 Å². The fourth-order valence-electron chi connectivity index (χ4n) is 4.62. The largest absolute Gasteiger partial charge is 0.394 e. The van der Waals surface area contributed by atoms with E-state index in [0.717, 1.165) is 6.42 Å². The quantitative estimate of drug-likeness (QED) is 0.198. The van der Waals surface area contributed by atoms with Crippen molar-refractivity contribution in [1.29, 1.82) is 0 Å². The van der Waals surface area contributed by atoms with Crippen LogP contribution in [0, 0.1) is 11.8 Å². The smallest absolute Gasteiger partial charge is 0.223 e. The number of hydrogen-bond acceptors (Lipinski definition) is 11. The van der Waals surface area contributed by atoms with Gasteiger partial charge in [0.25, 0.3) is 0 Å². The van der Waals surface area contributed by atoms with Crippen molar-refractivity contribution in [2.45, 2.75) is 81.5 Å². The molecule has 3 heterocycles. The lowest BCUT2D eigenvalue weighted by molar-refractivity contribution is -0.369. The first-order chi connectivity index (χ1) is 15.0. The lowest BCUT2D eigenvalue weighted by Gasteiger charge is -2.47. The molecule has 0 aliphatic carbocycles. The summed E-state index contributed by atoms with van der Waals surface area (Å²) >= 11 is 0. The lowest BCUT2D eigenvalue weighted by Crippen LogP contribution is -2.67. The third-order valence-corrected chi connectivity index (χ3v) is 6.31. The predicted molar refractivity (Wildman–Crippen MR) is 106 cm³/mol. The van der Waals surface area contributed by atoms with Gasteiger partial charge in [-0.25, -0.2) is 0 Å². The number of amides is 1. The van der Waals surface area contributed by atoms with E-state index in [9.17, 15) is 40.5 Å². The number of rotatable bonds is 7. The van der Waals surface area contributed by atoms with E-state index in [2.05, 4.69) is 13.8 Å². The Kier molecular flexibility index (Phi) is 8.14. The molecule has 12 nitrogen and oxygen atoms in total. The zero-order chi connectivity index (χ0) is 23.8. The van der Waals surface area contributed by atoms with E-state index in [0.29, 0.717) is 18.9 Å². The highest BCUT2D eigenvalue weighted by Crippen LogP contribution is 2.33. The first kappa shape index (κ1) is 25.7. The van der Waals surface area contributed by atoms with Gasteiger partial charge in [0.15, 0.2) is 6.29 Å². The van der Waals surface area contributed by atoms with Crippen LogP contribution in [0.15, 0.2) is 0 Å². The van der Waals surface area contributed by atoms with Crippen LogP contribution in [0.25, 0.3) is 0 Å². The second-order valence-electron chi connectivity index (χ2n) is 9.44. The number of hydrogen-bond donors (Lipinski definition) is 7. The predicted octanol–water partition coefficient (Wildman–Crippen LogP) is -3.49. The maximum Gasteiger partial charge on any atom is 0.223 e. The maximum absolute atomic E-state index is 12.4. The molecule has 0 bridgehead atoms. The average Bonchev–Trinajstić information content (AvgIpc) is 3.06. The molecule has 3 rings (SSSR count). The molecule has 186 valence electrons. The van der Waals surface area contributed by atoms with Crippen LogP contribution in [-0.2, 0) is 19.0 Å². The van der Waals surface area contributed by atoms with E-state index in [-0.39, 0.29) is 18.4 Å². The van der Waals surface area contributed by atoms with E-state index in [1.54, 1.807) is 0 Å². The Hall–Kier alpha value is -0.930. The van der Waals surface area contributed by atoms with Crippen molar-refractivity contribution in [3.05, 3.63) is 0 Å². The van der Waals surface area contributed by atoms with Crippen LogP contribution in [0.3, 0.4) is 0 Å². The first-order valence-corrected chi connectivity index (χ1v) is 10.9. The number of carbonyl (C=O) groups excluding carboxylic acids is 1. The van der Waals surface area contributed by atoms with Gasteiger partial charge in [-0.2, -0.15) is 0 Å². The molecule has 0 radical (unpaired) electrons. The monoisotopic (exact) mass is 465 g/mol. The highest BCUT2D eigenvalue weighted by Gasteiger charge is 2.54.